The maximum absolute atomic E-state index is 13.1. The Balaban J connectivity index is 2.20. The molecule has 2 rings (SSSR count). The van der Waals surface area contributed by atoms with Gasteiger partial charge in [0.1, 0.15) is 11.6 Å². The van der Waals surface area contributed by atoms with E-state index in [9.17, 15) is 4.39 Å². The summed E-state index contributed by atoms with van der Waals surface area (Å²) in [6.07, 6.45) is 2.88. The highest BCUT2D eigenvalue weighted by Gasteiger charge is 2.08. The fourth-order valence-electron chi connectivity index (χ4n) is 2.02. The standard InChI is InChI=1S/C13H18FN3/c1-9(15)4-3-5-13-16-11-7-6-10(14)8-12(11)17(13)2/h6-9H,3-5,15H2,1-2H3. The minimum atomic E-state index is -0.220. The summed E-state index contributed by atoms with van der Waals surface area (Å²) in [6.45, 7) is 2.00. The summed E-state index contributed by atoms with van der Waals surface area (Å²) in [5, 5.41) is 0. The molecule has 0 radical (unpaired) electrons. The molecule has 0 spiro atoms. The zero-order valence-electron chi connectivity index (χ0n) is 10.3. The molecule has 0 saturated heterocycles. The van der Waals surface area contributed by atoms with Crippen molar-refractivity contribution in [3.63, 3.8) is 0 Å². The molecule has 17 heavy (non-hydrogen) atoms. The molecule has 0 aliphatic heterocycles. The number of fused-ring (bicyclic) bond motifs is 1. The van der Waals surface area contributed by atoms with Gasteiger partial charge in [-0.15, -0.1) is 0 Å². The Kier molecular flexibility index (Phi) is 3.43. The second-order valence-electron chi connectivity index (χ2n) is 4.59. The lowest BCUT2D eigenvalue weighted by atomic mass is 10.1. The van der Waals surface area contributed by atoms with E-state index in [1.54, 1.807) is 6.07 Å². The third kappa shape index (κ3) is 2.64. The van der Waals surface area contributed by atoms with Crippen LogP contribution in [-0.4, -0.2) is 15.6 Å². The molecule has 1 atom stereocenters. The van der Waals surface area contributed by atoms with Gasteiger partial charge in [-0.25, -0.2) is 9.37 Å². The first kappa shape index (κ1) is 12.0. The van der Waals surface area contributed by atoms with Gasteiger partial charge in [-0.05, 0) is 38.0 Å². The number of aromatic nitrogens is 2. The average molecular weight is 235 g/mol. The molecule has 1 aromatic heterocycles. The quantitative estimate of drug-likeness (QED) is 0.884. The second-order valence-corrected chi connectivity index (χ2v) is 4.59. The number of imidazole rings is 1. The number of nitrogens with zero attached hydrogens (tertiary/aromatic N) is 2. The number of rotatable bonds is 4. The van der Waals surface area contributed by atoms with Crippen LogP contribution in [0.15, 0.2) is 18.2 Å². The zero-order chi connectivity index (χ0) is 12.4. The summed E-state index contributed by atoms with van der Waals surface area (Å²) < 4.78 is 15.1. The molecular formula is C13H18FN3. The monoisotopic (exact) mass is 235 g/mol. The number of aryl methyl sites for hydroxylation is 2. The Labute approximate surface area is 100 Å². The van der Waals surface area contributed by atoms with Crippen molar-refractivity contribution in [2.24, 2.45) is 12.8 Å². The van der Waals surface area contributed by atoms with Crippen molar-refractivity contribution in [1.29, 1.82) is 0 Å². The Morgan fingerprint density at radius 3 is 2.94 bits per heavy atom. The second kappa shape index (κ2) is 4.84. The average Bonchev–Trinajstić information content (AvgIpc) is 2.56. The Morgan fingerprint density at radius 2 is 2.24 bits per heavy atom. The number of halogens is 1. The van der Waals surface area contributed by atoms with Crippen molar-refractivity contribution in [1.82, 2.24) is 9.55 Å². The van der Waals surface area contributed by atoms with Crippen molar-refractivity contribution in [3.05, 3.63) is 29.8 Å². The van der Waals surface area contributed by atoms with Gasteiger partial charge < -0.3 is 10.3 Å². The maximum atomic E-state index is 13.1. The molecule has 0 aliphatic rings. The summed E-state index contributed by atoms with van der Waals surface area (Å²) in [6, 6.07) is 4.92. The number of benzene rings is 1. The van der Waals surface area contributed by atoms with E-state index >= 15 is 0 Å². The summed E-state index contributed by atoms with van der Waals surface area (Å²) in [4.78, 5) is 4.51. The predicted octanol–water partition coefficient (Wildman–Crippen LogP) is 2.38. The predicted molar refractivity (Wildman–Crippen MR) is 67.3 cm³/mol. The van der Waals surface area contributed by atoms with Crippen LogP contribution < -0.4 is 5.73 Å². The van der Waals surface area contributed by atoms with E-state index in [2.05, 4.69) is 4.98 Å². The van der Waals surface area contributed by atoms with Crippen molar-refractivity contribution in [3.8, 4) is 0 Å². The van der Waals surface area contributed by atoms with E-state index in [0.717, 1.165) is 36.1 Å². The Morgan fingerprint density at radius 1 is 1.47 bits per heavy atom. The highest BCUT2D eigenvalue weighted by Crippen LogP contribution is 2.17. The van der Waals surface area contributed by atoms with E-state index in [0.29, 0.717) is 0 Å². The smallest absolute Gasteiger partial charge is 0.125 e. The highest BCUT2D eigenvalue weighted by molar-refractivity contribution is 5.75. The van der Waals surface area contributed by atoms with Gasteiger partial charge in [-0.1, -0.05) is 0 Å². The van der Waals surface area contributed by atoms with Crippen molar-refractivity contribution < 1.29 is 4.39 Å². The Bertz CT molecular complexity index is 517. The fraction of sp³-hybridized carbons (Fsp3) is 0.462. The SMILES string of the molecule is CC(N)CCCc1nc2ccc(F)cc2n1C. The normalized spacial score (nSPS) is 13.2. The molecular weight excluding hydrogens is 217 g/mol. The van der Waals surface area contributed by atoms with Crippen LogP contribution in [0.4, 0.5) is 4.39 Å². The van der Waals surface area contributed by atoms with Gasteiger partial charge in [0.25, 0.3) is 0 Å². The zero-order valence-corrected chi connectivity index (χ0v) is 10.3. The summed E-state index contributed by atoms with van der Waals surface area (Å²) in [5.74, 6) is 0.772. The molecule has 1 aromatic carbocycles. The van der Waals surface area contributed by atoms with Gasteiger partial charge >= 0.3 is 0 Å². The molecule has 0 aliphatic carbocycles. The molecule has 92 valence electrons. The van der Waals surface area contributed by atoms with Crippen molar-refractivity contribution in [2.75, 3.05) is 0 Å². The van der Waals surface area contributed by atoms with Crippen molar-refractivity contribution in [2.45, 2.75) is 32.2 Å². The molecule has 1 unspecified atom stereocenters. The lowest BCUT2D eigenvalue weighted by Crippen LogP contribution is -2.14. The van der Waals surface area contributed by atoms with Gasteiger partial charge in [0.2, 0.25) is 0 Å². The molecule has 1 heterocycles. The van der Waals surface area contributed by atoms with E-state index in [1.807, 2.05) is 18.5 Å². The van der Waals surface area contributed by atoms with Gasteiger partial charge in [0.05, 0.1) is 11.0 Å². The third-order valence-corrected chi connectivity index (χ3v) is 3.00. The van der Waals surface area contributed by atoms with Crippen molar-refractivity contribution >= 4 is 11.0 Å². The van der Waals surface area contributed by atoms with E-state index in [1.165, 1.54) is 12.1 Å². The molecule has 3 nitrogen and oxygen atoms in total. The largest absolute Gasteiger partial charge is 0.331 e. The van der Waals surface area contributed by atoms with Crippen LogP contribution >= 0.6 is 0 Å². The molecule has 0 bridgehead atoms. The van der Waals surface area contributed by atoms with Gasteiger partial charge in [-0.3, -0.25) is 0 Å². The minimum Gasteiger partial charge on any atom is -0.331 e. The molecule has 2 N–H and O–H groups in total. The molecule has 2 aromatic rings. The van der Waals surface area contributed by atoms with Crippen LogP contribution in [0.3, 0.4) is 0 Å². The van der Waals surface area contributed by atoms with E-state index < -0.39 is 0 Å². The first-order chi connectivity index (χ1) is 8.08. The molecule has 4 heteroatoms. The molecule has 0 saturated carbocycles. The van der Waals surface area contributed by atoms with Crippen LogP contribution in [0.5, 0.6) is 0 Å². The minimum absolute atomic E-state index is 0.220. The van der Waals surface area contributed by atoms with Crippen LogP contribution in [-0.2, 0) is 13.5 Å². The number of hydrogen-bond acceptors (Lipinski definition) is 2. The number of hydrogen-bond donors (Lipinski definition) is 1. The number of nitrogens with two attached hydrogens (primary N) is 1. The topological polar surface area (TPSA) is 43.8 Å². The fourth-order valence-corrected chi connectivity index (χ4v) is 2.02. The van der Waals surface area contributed by atoms with Gasteiger partial charge in [0, 0.05) is 19.5 Å². The van der Waals surface area contributed by atoms with Crippen LogP contribution in [0.1, 0.15) is 25.6 Å². The maximum Gasteiger partial charge on any atom is 0.125 e. The summed E-state index contributed by atoms with van der Waals surface area (Å²) >= 11 is 0. The van der Waals surface area contributed by atoms with Crippen LogP contribution in [0.25, 0.3) is 11.0 Å². The lowest BCUT2D eigenvalue weighted by Gasteiger charge is -2.04. The lowest BCUT2D eigenvalue weighted by molar-refractivity contribution is 0.606. The van der Waals surface area contributed by atoms with Crippen LogP contribution in [0.2, 0.25) is 0 Å². The first-order valence-electron chi connectivity index (χ1n) is 5.94. The third-order valence-electron chi connectivity index (χ3n) is 3.00. The van der Waals surface area contributed by atoms with Crippen LogP contribution in [0, 0.1) is 5.82 Å². The van der Waals surface area contributed by atoms with Gasteiger partial charge in [-0.2, -0.15) is 0 Å². The van der Waals surface area contributed by atoms with E-state index in [4.69, 9.17) is 5.73 Å². The van der Waals surface area contributed by atoms with Gasteiger partial charge in [0.15, 0.2) is 0 Å². The summed E-state index contributed by atoms with van der Waals surface area (Å²) in [5.41, 5.74) is 7.41. The molecule has 0 amide bonds. The Hall–Kier alpha value is -1.42. The highest BCUT2D eigenvalue weighted by atomic mass is 19.1. The first-order valence-corrected chi connectivity index (χ1v) is 5.94. The molecule has 0 fully saturated rings. The summed E-state index contributed by atoms with van der Waals surface area (Å²) in [7, 11) is 1.93. The van der Waals surface area contributed by atoms with E-state index in [-0.39, 0.29) is 11.9 Å².